The second-order valence-corrected chi connectivity index (χ2v) is 11.3. The predicted octanol–water partition coefficient (Wildman–Crippen LogP) is 6.49. The van der Waals surface area contributed by atoms with Crippen molar-refractivity contribution < 1.29 is 13.9 Å². The van der Waals surface area contributed by atoms with E-state index in [2.05, 4.69) is 36.7 Å². The molecule has 2 heterocycles. The van der Waals surface area contributed by atoms with E-state index in [0.717, 1.165) is 21.2 Å². The Bertz CT molecular complexity index is 1820. The van der Waals surface area contributed by atoms with Crippen molar-refractivity contribution in [2.45, 2.75) is 39.2 Å². The summed E-state index contributed by atoms with van der Waals surface area (Å²) >= 11 is 3.40. The highest BCUT2D eigenvalue weighted by molar-refractivity contribution is 9.10. The third kappa shape index (κ3) is 5.08. The van der Waals surface area contributed by atoms with E-state index in [-0.39, 0.29) is 16.5 Å². The molecule has 5 rings (SSSR count). The Hall–Kier alpha value is -3.91. The average molecular weight is 589 g/mol. The van der Waals surface area contributed by atoms with Gasteiger partial charge in [0, 0.05) is 16.6 Å². The summed E-state index contributed by atoms with van der Waals surface area (Å²) in [5.41, 5.74) is 2.40. The van der Waals surface area contributed by atoms with Gasteiger partial charge in [0.2, 0.25) is 11.1 Å². The molecule has 0 aliphatic heterocycles. The van der Waals surface area contributed by atoms with Gasteiger partial charge in [0.1, 0.15) is 11.4 Å². The first-order valence-corrected chi connectivity index (χ1v) is 13.4. The van der Waals surface area contributed by atoms with Gasteiger partial charge in [-0.1, -0.05) is 67.0 Å². The molecule has 0 bridgehead atoms. The van der Waals surface area contributed by atoms with E-state index in [1.54, 1.807) is 37.0 Å². The fourth-order valence-corrected chi connectivity index (χ4v) is 5.00. The van der Waals surface area contributed by atoms with Gasteiger partial charge in [0.15, 0.2) is 16.9 Å². The maximum atomic E-state index is 13.9. The summed E-state index contributed by atoms with van der Waals surface area (Å²) in [6.07, 6.45) is 0.505. The largest absolute Gasteiger partial charge is 0.493 e. The minimum absolute atomic E-state index is 0.0251. The lowest BCUT2D eigenvalue weighted by Crippen LogP contribution is -2.28. The fraction of sp³-hybridized carbons (Fsp3) is 0.258. The van der Waals surface area contributed by atoms with Gasteiger partial charge in [-0.15, -0.1) is 0 Å². The molecule has 0 N–H and O–H groups in total. The van der Waals surface area contributed by atoms with Crippen LogP contribution < -0.4 is 20.5 Å². The highest BCUT2D eigenvalue weighted by Crippen LogP contribution is 2.29. The minimum atomic E-state index is -0.439. The number of hydrogen-bond donors (Lipinski definition) is 0. The summed E-state index contributed by atoms with van der Waals surface area (Å²) in [4.78, 5) is 32.2. The Morgan fingerprint density at radius 1 is 0.923 bits per heavy atom. The number of nitrogens with zero attached hydrogens (tertiary/aromatic N) is 2. The molecule has 5 aromatic rings. The summed E-state index contributed by atoms with van der Waals surface area (Å²) in [6, 6.07) is 18.8. The van der Waals surface area contributed by atoms with Crippen LogP contribution in [0.1, 0.15) is 31.9 Å². The second kappa shape index (κ2) is 10.3. The smallest absolute Gasteiger partial charge is 0.269 e. The Kier molecular flexibility index (Phi) is 7.07. The van der Waals surface area contributed by atoms with Crippen molar-refractivity contribution in [1.29, 1.82) is 0 Å². The normalized spacial score (nSPS) is 11.7. The zero-order chi connectivity index (χ0) is 27.9. The minimum Gasteiger partial charge on any atom is -0.493 e. The lowest BCUT2D eigenvalue weighted by atomic mass is 9.86. The second-order valence-electron chi connectivity index (χ2n) is 10.4. The van der Waals surface area contributed by atoms with Crippen molar-refractivity contribution in [2.75, 3.05) is 14.2 Å². The van der Waals surface area contributed by atoms with Gasteiger partial charge in [-0.05, 0) is 53.3 Å². The molecule has 0 aliphatic carbocycles. The average Bonchev–Trinajstić information content (AvgIpc) is 2.92. The van der Waals surface area contributed by atoms with E-state index < -0.39 is 11.0 Å². The van der Waals surface area contributed by atoms with Crippen LogP contribution >= 0.6 is 15.9 Å². The monoisotopic (exact) mass is 588 g/mol. The topological polar surface area (TPSA) is 83.6 Å². The van der Waals surface area contributed by atoms with Crippen molar-refractivity contribution in [3.63, 3.8) is 0 Å². The molecule has 2 aromatic heterocycles. The Labute approximate surface area is 234 Å². The van der Waals surface area contributed by atoms with Crippen LogP contribution in [-0.2, 0) is 18.4 Å². The van der Waals surface area contributed by atoms with E-state index in [9.17, 15) is 9.59 Å². The summed E-state index contributed by atoms with van der Waals surface area (Å²) < 4.78 is 19.1. The number of aryl methyl sites for hydroxylation is 1. The number of benzene rings is 3. The maximum Gasteiger partial charge on any atom is 0.269 e. The molecular weight excluding hydrogens is 560 g/mol. The highest BCUT2D eigenvalue weighted by Gasteiger charge is 2.20. The number of hydrogen-bond acceptors (Lipinski definition) is 6. The number of methoxy groups -OCH3 is 2. The van der Waals surface area contributed by atoms with E-state index in [0.29, 0.717) is 41.3 Å². The van der Waals surface area contributed by atoms with Gasteiger partial charge in [-0.3, -0.25) is 14.2 Å². The van der Waals surface area contributed by atoms with Gasteiger partial charge < -0.3 is 13.9 Å². The van der Waals surface area contributed by atoms with Crippen LogP contribution in [0.5, 0.6) is 11.5 Å². The number of halogens is 1. The third-order valence-electron chi connectivity index (χ3n) is 6.84. The summed E-state index contributed by atoms with van der Waals surface area (Å²) in [5, 5.41) is 0.257. The lowest BCUT2D eigenvalue weighted by molar-refractivity contribution is 0.354. The van der Waals surface area contributed by atoms with Crippen molar-refractivity contribution in [3.05, 3.63) is 96.8 Å². The Morgan fingerprint density at radius 2 is 1.64 bits per heavy atom. The molecule has 0 unspecified atom stereocenters. The van der Waals surface area contributed by atoms with E-state index in [4.69, 9.17) is 18.9 Å². The third-order valence-corrected chi connectivity index (χ3v) is 7.33. The fourth-order valence-electron chi connectivity index (χ4n) is 4.63. The van der Waals surface area contributed by atoms with Crippen LogP contribution in [0, 0.1) is 0 Å². The molecule has 0 spiro atoms. The first-order chi connectivity index (χ1) is 18.6. The molecule has 3 aromatic carbocycles. The highest BCUT2D eigenvalue weighted by atomic mass is 79.9. The molecule has 0 saturated carbocycles. The van der Waals surface area contributed by atoms with E-state index >= 15 is 0 Å². The molecule has 8 heteroatoms. The summed E-state index contributed by atoms with van der Waals surface area (Å²) in [6.45, 7) is 6.73. The number of aromatic nitrogens is 2. The van der Waals surface area contributed by atoms with Crippen molar-refractivity contribution in [1.82, 2.24) is 9.55 Å². The maximum absolute atomic E-state index is 13.9. The molecule has 7 nitrogen and oxygen atoms in total. The number of ether oxygens (including phenoxy) is 2. The van der Waals surface area contributed by atoms with Gasteiger partial charge in [0.05, 0.1) is 19.6 Å². The van der Waals surface area contributed by atoms with Gasteiger partial charge >= 0.3 is 0 Å². The predicted molar refractivity (Wildman–Crippen MR) is 157 cm³/mol. The Morgan fingerprint density at radius 3 is 2.31 bits per heavy atom. The number of rotatable bonds is 6. The molecule has 0 aliphatic rings. The molecule has 39 heavy (non-hydrogen) atoms. The zero-order valence-corrected chi connectivity index (χ0v) is 24.1. The molecule has 0 saturated heterocycles. The molecule has 200 valence electrons. The summed E-state index contributed by atoms with van der Waals surface area (Å²) in [5.74, 6) is 1.67. The zero-order valence-electron chi connectivity index (χ0n) is 22.5. The first-order valence-electron chi connectivity index (χ1n) is 12.6. The SMILES string of the molecule is COc1ccc(CCn2c(-c3ccc(C(C)(C)C)cc3)nc3oc4ccc(Br)cc4c(=O)c3c2=O)cc1OC. The van der Waals surface area contributed by atoms with Crippen molar-refractivity contribution in [2.24, 2.45) is 0 Å². The van der Waals surface area contributed by atoms with E-state index in [1.807, 2.05) is 42.5 Å². The molecule has 0 fully saturated rings. The quantitative estimate of drug-likeness (QED) is 0.211. The molecule has 0 atom stereocenters. The van der Waals surface area contributed by atoms with Gasteiger partial charge in [0.25, 0.3) is 5.56 Å². The van der Waals surface area contributed by atoms with Crippen LogP contribution in [0.25, 0.3) is 33.5 Å². The molecule has 0 radical (unpaired) electrons. The van der Waals surface area contributed by atoms with E-state index in [1.165, 1.54) is 0 Å². The van der Waals surface area contributed by atoms with Crippen LogP contribution in [-0.4, -0.2) is 23.8 Å². The standard InChI is InChI=1S/C31H29BrN2O5/c1-31(2,3)20-9-7-19(8-10-20)28-33-29-26(27(35)22-17-21(32)11-13-23(22)39-29)30(36)34(28)15-14-18-6-12-24(37-4)25(16-18)38-5/h6-13,16-17H,14-15H2,1-5H3. The van der Waals surface area contributed by atoms with Gasteiger partial charge in [-0.2, -0.15) is 4.98 Å². The summed E-state index contributed by atoms with van der Waals surface area (Å²) in [7, 11) is 3.17. The van der Waals surface area contributed by atoms with Gasteiger partial charge in [-0.25, -0.2) is 0 Å². The molecular formula is C31H29BrN2O5. The van der Waals surface area contributed by atoms with Crippen LogP contribution in [0.15, 0.2) is 79.1 Å². The Balaban J connectivity index is 1.69. The molecule has 0 amide bonds. The van der Waals surface area contributed by atoms with Crippen molar-refractivity contribution >= 4 is 38.0 Å². The lowest BCUT2D eigenvalue weighted by Gasteiger charge is -2.20. The first kappa shape index (κ1) is 26.7. The number of fused-ring (bicyclic) bond motifs is 2. The van der Waals surface area contributed by atoms with Crippen molar-refractivity contribution in [3.8, 4) is 22.9 Å². The van der Waals surface area contributed by atoms with Crippen LogP contribution in [0.4, 0.5) is 0 Å². The van der Waals surface area contributed by atoms with Crippen LogP contribution in [0.3, 0.4) is 0 Å². The van der Waals surface area contributed by atoms with Crippen LogP contribution in [0.2, 0.25) is 0 Å².